The maximum absolute atomic E-state index is 4.41. The van der Waals surface area contributed by atoms with Crippen LogP contribution in [0.2, 0.25) is 0 Å². The molecule has 2 heterocycles. The molecule has 0 bridgehead atoms. The molecular formula is C13H17N3S. The Bertz CT molecular complexity index is 476. The molecule has 1 N–H and O–H groups in total. The van der Waals surface area contributed by atoms with E-state index in [1.54, 1.807) is 11.3 Å². The summed E-state index contributed by atoms with van der Waals surface area (Å²) in [5.74, 6) is 0.843. The molecule has 0 aliphatic heterocycles. The number of thiophene rings is 1. The van der Waals surface area contributed by atoms with Crippen LogP contribution in [-0.4, -0.2) is 16.5 Å². The standard InChI is InChI=1S/C13H17N3S/c1-4-14-12(11-5-10(3)17-8-11)13-15-6-9(2)7-16-13/h5-8,12,14H,4H2,1-3H3. The molecule has 17 heavy (non-hydrogen) atoms. The van der Waals surface area contributed by atoms with E-state index < -0.39 is 0 Å². The Labute approximate surface area is 106 Å². The van der Waals surface area contributed by atoms with Crippen molar-refractivity contribution in [2.45, 2.75) is 26.8 Å². The number of hydrogen-bond acceptors (Lipinski definition) is 4. The van der Waals surface area contributed by atoms with Gasteiger partial charge in [0.15, 0.2) is 0 Å². The predicted octanol–water partition coefficient (Wildman–Crippen LogP) is 2.85. The molecule has 0 saturated carbocycles. The highest BCUT2D eigenvalue weighted by atomic mass is 32.1. The van der Waals surface area contributed by atoms with E-state index in [2.05, 4.69) is 40.6 Å². The molecule has 1 atom stereocenters. The second kappa shape index (κ2) is 5.38. The summed E-state index contributed by atoms with van der Waals surface area (Å²) in [6.07, 6.45) is 3.73. The third-order valence-electron chi connectivity index (χ3n) is 2.55. The van der Waals surface area contributed by atoms with E-state index in [0.717, 1.165) is 17.9 Å². The lowest BCUT2D eigenvalue weighted by Crippen LogP contribution is -2.23. The van der Waals surface area contributed by atoms with Gasteiger partial charge in [-0.05, 0) is 43.0 Å². The van der Waals surface area contributed by atoms with E-state index in [-0.39, 0.29) is 6.04 Å². The number of nitrogens with zero attached hydrogens (tertiary/aromatic N) is 2. The zero-order valence-corrected chi connectivity index (χ0v) is 11.2. The lowest BCUT2D eigenvalue weighted by molar-refractivity contribution is 0.598. The summed E-state index contributed by atoms with van der Waals surface area (Å²) in [4.78, 5) is 10.1. The first-order chi connectivity index (χ1) is 8.20. The summed E-state index contributed by atoms with van der Waals surface area (Å²) in [5.41, 5.74) is 2.34. The van der Waals surface area contributed by atoms with Crippen LogP contribution in [0.1, 0.15) is 34.8 Å². The predicted molar refractivity (Wildman–Crippen MR) is 71.3 cm³/mol. The molecule has 0 spiro atoms. The van der Waals surface area contributed by atoms with Crippen LogP contribution in [0.3, 0.4) is 0 Å². The van der Waals surface area contributed by atoms with Crippen molar-refractivity contribution in [2.24, 2.45) is 0 Å². The van der Waals surface area contributed by atoms with Gasteiger partial charge in [0.2, 0.25) is 0 Å². The minimum Gasteiger partial charge on any atom is -0.304 e. The summed E-state index contributed by atoms with van der Waals surface area (Å²) in [6, 6.07) is 2.30. The largest absolute Gasteiger partial charge is 0.304 e. The van der Waals surface area contributed by atoms with Crippen LogP contribution in [0, 0.1) is 13.8 Å². The molecule has 1 unspecified atom stereocenters. The van der Waals surface area contributed by atoms with Crippen molar-refractivity contribution in [1.29, 1.82) is 0 Å². The molecule has 3 nitrogen and oxygen atoms in total. The molecule has 0 radical (unpaired) electrons. The number of hydrogen-bond donors (Lipinski definition) is 1. The molecule has 0 fully saturated rings. The molecule has 0 amide bonds. The van der Waals surface area contributed by atoms with E-state index in [1.165, 1.54) is 10.4 Å². The van der Waals surface area contributed by atoms with Gasteiger partial charge in [-0.15, -0.1) is 11.3 Å². The van der Waals surface area contributed by atoms with Gasteiger partial charge in [-0.1, -0.05) is 6.92 Å². The third kappa shape index (κ3) is 2.90. The second-order valence-corrected chi connectivity index (χ2v) is 5.22. The number of nitrogens with one attached hydrogen (secondary N) is 1. The summed E-state index contributed by atoms with van der Waals surface area (Å²) >= 11 is 1.76. The molecule has 0 aliphatic rings. The Morgan fingerprint density at radius 2 is 2.00 bits per heavy atom. The number of rotatable bonds is 4. The Morgan fingerprint density at radius 1 is 1.29 bits per heavy atom. The van der Waals surface area contributed by atoms with Crippen molar-refractivity contribution < 1.29 is 0 Å². The molecule has 2 aromatic heterocycles. The number of aromatic nitrogens is 2. The highest BCUT2D eigenvalue weighted by Gasteiger charge is 2.16. The maximum Gasteiger partial charge on any atom is 0.149 e. The van der Waals surface area contributed by atoms with Crippen LogP contribution in [0.25, 0.3) is 0 Å². The van der Waals surface area contributed by atoms with Crippen LogP contribution >= 0.6 is 11.3 Å². The molecule has 90 valence electrons. The van der Waals surface area contributed by atoms with Crippen molar-refractivity contribution >= 4 is 11.3 Å². The molecule has 2 rings (SSSR count). The fourth-order valence-electron chi connectivity index (χ4n) is 1.73. The van der Waals surface area contributed by atoms with Gasteiger partial charge in [0.05, 0.1) is 6.04 Å². The van der Waals surface area contributed by atoms with Gasteiger partial charge in [0.1, 0.15) is 5.82 Å². The van der Waals surface area contributed by atoms with Crippen LogP contribution in [0.4, 0.5) is 0 Å². The summed E-state index contributed by atoms with van der Waals surface area (Å²) in [6.45, 7) is 7.12. The Balaban J connectivity index is 2.31. The van der Waals surface area contributed by atoms with Gasteiger partial charge < -0.3 is 5.32 Å². The smallest absolute Gasteiger partial charge is 0.149 e. The Kier molecular flexibility index (Phi) is 3.86. The topological polar surface area (TPSA) is 37.8 Å². The van der Waals surface area contributed by atoms with E-state index >= 15 is 0 Å². The zero-order chi connectivity index (χ0) is 12.3. The molecular weight excluding hydrogens is 230 g/mol. The number of aryl methyl sites for hydroxylation is 2. The first-order valence-electron chi connectivity index (χ1n) is 5.77. The van der Waals surface area contributed by atoms with Gasteiger partial charge in [-0.2, -0.15) is 0 Å². The second-order valence-electron chi connectivity index (χ2n) is 4.10. The van der Waals surface area contributed by atoms with Gasteiger partial charge >= 0.3 is 0 Å². The Morgan fingerprint density at radius 3 is 2.53 bits per heavy atom. The van der Waals surface area contributed by atoms with Crippen LogP contribution < -0.4 is 5.32 Å². The highest BCUT2D eigenvalue weighted by molar-refractivity contribution is 7.10. The van der Waals surface area contributed by atoms with Gasteiger partial charge in [-0.25, -0.2) is 9.97 Å². The van der Waals surface area contributed by atoms with Crippen molar-refractivity contribution in [2.75, 3.05) is 6.54 Å². The molecule has 0 saturated heterocycles. The van der Waals surface area contributed by atoms with Crippen LogP contribution in [-0.2, 0) is 0 Å². The summed E-state index contributed by atoms with van der Waals surface area (Å²) in [7, 11) is 0. The Hall–Kier alpha value is -1.26. The monoisotopic (exact) mass is 247 g/mol. The van der Waals surface area contributed by atoms with Crippen molar-refractivity contribution in [3.05, 3.63) is 45.7 Å². The molecule has 2 aromatic rings. The van der Waals surface area contributed by atoms with Gasteiger partial charge in [0, 0.05) is 17.3 Å². The summed E-state index contributed by atoms with van der Waals surface area (Å²) in [5, 5.41) is 5.60. The first-order valence-corrected chi connectivity index (χ1v) is 6.65. The van der Waals surface area contributed by atoms with E-state index in [1.807, 2.05) is 19.3 Å². The average molecular weight is 247 g/mol. The normalized spacial score (nSPS) is 12.6. The minimum absolute atomic E-state index is 0.102. The van der Waals surface area contributed by atoms with E-state index in [9.17, 15) is 0 Å². The maximum atomic E-state index is 4.41. The molecule has 0 aromatic carbocycles. The van der Waals surface area contributed by atoms with E-state index in [4.69, 9.17) is 0 Å². The van der Waals surface area contributed by atoms with E-state index in [0.29, 0.717) is 0 Å². The molecule has 0 aliphatic carbocycles. The van der Waals surface area contributed by atoms with Crippen LogP contribution in [0.5, 0.6) is 0 Å². The lowest BCUT2D eigenvalue weighted by atomic mass is 10.1. The van der Waals surface area contributed by atoms with Crippen molar-refractivity contribution in [1.82, 2.24) is 15.3 Å². The lowest BCUT2D eigenvalue weighted by Gasteiger charge is -2.15. The third-order valence-corrected chi connectivity index (χ3v) is 3.43. The van der Waals surface area contributed by atoms with Crippen molar-refractivity contribution in [3.8, 4) is 0 Å². The SMILES string of the molecule is CCNC(c1csc(C)c1)c1ncc(C)cn1. The van der Waals surface area contributed by atoms with Crippen LogP contribution in [0.15, 0.2) is 23.8 Å². The fraction of sp³-hybridized carbons (Fsp3) is 0.385. The van der Waals surface area contributed by atoms with Crippen molar-refractivity contribution in [3.63, 3.8) is 0 Å². The molecule has 4 heteroatoms. The van der Waals surface area contributed by atoms with Gasteiger partial charge in [0.25, 0.3) is 0 Å². The zero-order valence-electron chi connectivity index (χ0n) is 10.4. The highest BCUT2D eigenvalue weighted by Crippen LogP contribution is 2.23. The first kappa shape index (κ1) is 12.2. The quantitative estimate of drug-likeness (QED) is 0.902. The fourth-order valence-corrected chi connectivity index (χ4v) is 2.46. The van der Waals surface area contributed by atoms with Gasteiger partial charge in [-0.3, -0.25) is 0 Å². The minimum atomic E-state index is 0.102. The summed E-state index contributed by atoms with van der Waals surface area (Å²) < 4.78 is 0. The average Bonchev–Trinajstić information content (AvgIpc) is 2.74.